The molecule has 2 heteroatoms. The molecule has 2 bridgehead atoms. The van der Waals surface area contributed by atoms with E-state index >= 15 is 0 Å². The topological polar surface area (TPSA) is 20.2 Å². The van der Waals surface area contributed by atoms with Gasteiger partial charge in [0.25, 0.3) is 0 Å². The summed E-state index contributed by atoms with van der Waals surface area (Å²) in [5.74, 6) is 0.980. The molecule has 64 valence electrons. The third-order valence-electron chi connectivity index (χ3n) is 4.04. The van der Waals surface area contributed by atoms with Crippen LogP contribution in [0.3, 0.4) is 0 Å². The van der Waals surface area contributed by atoms with E-state index in [9.17, 15) is 4.80 Å². The Hall–Kier alpha value is 0.177. The van der Waals surface area contributed by atoms with E-state index in [4.69, 9.17) is 0 Å². The number of rotatable bonds is 1. The summed E-state index contributed by atoms with van der Waals surface area (Å²) in [6, 6.07) is 0. The summed E-state index contributed by atoms with van der Waals surface area (Å²) in [5.41, 5.74) is 0. The van der Waals surface area contributed by atoms with Crippen LogP contribution >= 0.6 is 0 Å². The van der Waals surface area contributed by atoms with Gasteiger partial charge in [0, 0.05) is 0 Å². The van der Waals surface area contributed by atoms with E-state index in [0.29, 0.717) is 5.04 Å². The van der Waals surface area contributed by atoms with E-state index in [2.05, 4.69) is 13.1 Å². The lowest BCUT2D eigenvalue weighted by molar-refractivity contribution is 0.419. The fraction of sp³-hybridized carbons (Fsp3) is 1.00. The Kier molecular flexibility index (Phi) is 1.49. The highest BCUT2D eigenvalue weighted by Gasteiger charge is 2.54. The molecule has 0 aromatic rings. The van der Waals surface area contributed by atoms with Crippen molar-refractivity contribution in [1.29, 1.82) is 0 Å². The Bertz CT molecular complexity index is 163. The van der Waals surface area contributed by atoms with Gasteiger partial charge in [-0.1, -0.05) is 12.8 Å². The molecule has 2 fully saturated rings. The van der Waals surface area contributed by atoms with Crippen LogP contribution in [-0.4, -0.2) is 13.1 Å². The summed E-state index contributed by atoms with van der Waals surface area (Å²) in [7, 11) is -1.83. The molecule has 0 aromatic carbocycles. The summed E-state index contributed by atoms with van der Waals surface area (Å²) < 4.78 is 0. The minimum absolute atomic E-state index is 0.442. The van der Waals surface area contributed by atoms with Gasteiger partial charge < -0.3 is 4.80 Å². The van der Waals surface area contributed by atoms with Crippen molar-refractivity contribution in [3.05, 3.63) is 0 Å². The van der Waals surface area contributed by atoms with E-state index in [1.165, 1.54) is 32.1 Å². The zero-order valence-electron chi connectivity index (χ0n) is 7.56. The molecule has 0 unspecified atom stereocenters. The Labute approximate surface area is 69.9 Å². The largest absolute Gasteiger partial charge is 0.432 e. The molecule has 1 nitrogen and oxygen atoms in total. The third-order valence-corrected chi connectivity index (χ3v) is 7.34. The van der Waals surface area contributed by atoms with Crippen LogP contribution < -0.4 is 0 Å². The van der Waals surface area contributed by atoms with Crippen molar-refractivity contribution in [1.82, 2.24) is 0 Å². The molecule has 0 aliphatic heterocycles. The first-order valence-corrected chi connectivity index (χ1v) is 7.71. The molecule has 2 rings (SSSR count). The normalized spacial score (nSPS) is 43.4. The Balaban J connectivity index is 2.23. The molecule has 0 radical (unpaired) electrons. The average Bonchev–Trinajstić information content (AvgIpc) is 2.42. The first kappa shape index (κ1) is 7.81. The van der Waals surface area contributed by atoms with Gasteiger partial charge in [-0.05, 0) is 43.3 Å². The predicted molar refractivity (Wildman–Crippen MR) is 49.0 cm³/mol. The maximum absolute atomic E-state index is 10.1. The Morgan fingerprint density at radius 1 is 1.27 bits per heavy atom. The van der Waals surface area contributed by atoms with E-state index in [1.54, 1.807) is 0 Å². The first-order valence-electron chi connectivity index (χ1n) is 4.76. The number of hydrogen-bond acceptors (Lipinski definition) is 1. The summed E-state index contributed by atoms with van der Waals surface area (Å²) in [6.07, 6.45) is 6.80. The second-order valence-corrected chi connectivity index (χ2v) is 9.17. The quantitative estimate of drug-likeness (QED) is 0.600. The van der Waals surface area contributed by atoms with Gasteiger partial charge in [0.05, 0.1) is 0 Å². The van der Waals surface area contributed by atoms with Gasteiger partial charge in [-0.3, -0.25) is 0 Å². The van der Waals surface area contributed by atoms with Crippen LogP contribution in [0.5, 0.6) is 0 Å². The summed E-state index contributed by atoms with van der Waals surface area (Å²) in [5, 5.41) is 0.442. The van der Waals surface area contributed by atoms with Gasteiger partial charge in [0.15, 0.2) is 8.32 Å². The number of fused-ring (bicyclic) bond motifs is 2. The third kappa shape index (κ3) is 0.993. The Morgan fingerprint density at radius 3 is 2.00 bits per heavy atom. The van der Waals surface area contributed by atoms with Crippen molar-refractivity contribution in [2.75, 3.05) is 0 Å². The lowest BCUT2D eigenvalue weighted by atomic mass is 10.0. The zero-order valence-corrected chi connectivity index (χ0v) is 8.56. The highest BCUT2D eigenvalue weighted by Crippen LogP contribution is 2.63. The molecule has 0 spiro atoms. The van der Waals surface area contributed by atoms with Crippen molar-refractivity contribution in [3.8, 4) is 0 Å². The molecule has 0 amide bonds. The van der Waals surface area contributed by atoms with E-state index in [-0.39, 0.29) is 0 Å². The van der Waals surface area contributed by atoms with Crippen LogP contribution in [0, 0.1) is 5.92 Å². The molecule has 0 atom stereocenters. The van der Waals surface area contributed by atoms with Crippen molar-refractivity contribution < 1.29 is 4.80 Å². The second kappa shape index (κ2) is 2.11. The highest BCUT2D eigenvalue weighted by molar-refractivity contribution is 6.73. The molecule has 1 N–H and O–H groups in total. The SMILES string of the molecule is C[Si](C)(O)C12CCC(CC1)C2. The molecule has 0 saturated heterocycles. The van der Waals surface area contributed by atoms with Crippen molar-refractivity contribution in [2.24, 2.45) is 5.92 Å². The lowest BCUT2D eigenvalue weighted by Gasteiger charge is -2.36. The highest BCUT2D eigenvalue weighted by atomic mass is 28.4. The average molecular weight is 170 g/mol. The van der Waals surface area contributed by atoms with Crippen molar-refractivity contribution >= 4 is 8.32 Å². The van der Waals surface area contributed by atoms with Gasteiger partial charge in [-0.15, -0.1) is 0 Å². The molecular weight excluding hydrogens is 152 g/mol. The Morgan fingerprint density at radius 2 is 1.82 bits per heavy atom. The first-order chi connectivity index (χ1) is 5.04. The minimum atomic E-state index is -1.83. The van der Waals surface area contributed by atoms with Crippen LogP contribution in [0.15, 0.2) is 0 Å². The summed E-state index contributed by atoms with van der Waals surface area (Å²) >= 11 is 0. The van der Waals surface area contributed by atoms with Crippen molar-refractivity contribution in [3.63, 3.8) is 0 Å². The maximum Gasteiger partial charge on any atom is 0.188 e. The van der Waals surface area contributed by atoms with E-state index in [1.807, 2.05) is 0 Å². The van der Waals surface area contributed by atoms with Gasteiger partial charge in [0.2, 0.25) is 0 Å². The fourth-order valence-electron chi connectivity index (χ4n) is 3.05. The molecule has 0 heterocycles. The second-order valence-electron chi connectivity index (χ2n) is 4.99. The van der Waals surface area contributed by atoms with Gasteiger partial charge in [0.1, 0.15) is 0 Å². The van der Waals surface area contributed by atoms with E-state index in [0.717, 1.165) is 5.92 Å². The molecule has 2 saturated carbocycles. The summed E-state index contributed by atoms with van der Waals surface area (Å²) in [4.78, 5) is 10.1. The smallest absolute Gasteiger partial charge is 0.188 e. The number of hydrogen-bond donors (Lipinski definition) is 1. The molecular formula is C9H18OSi. The van der Waals surface area contributed by atoms with Gasteiger partial charge in [-0.2, -0.15) is 0 Å². The van der Waals surface area contributed by atoms with Crippen LogP contribution in [0.2, 0.25) is 18.1 Å². The zero-order chi connectivity index (χ0) is 8.11. The van der Waals surface area contributed by atoms with Crippen molar-refractivity contribution in [2.45, 2.75) is 50.2 Å². The monoisotopic (exact) mass is 170 g/mol. The molecule has 11 heavy (non-hydrogen) atoms. The van der Waals surface area contributed by atoms with Crippen LogP contribution in [-0.2, 0) is 0 Å². The van der Waals surface area contributed by atoms with Crippen LogP contribution in [0.1, 0.15) is 32.1 Å². The van der Waals surface area contributed by atoms with Gasteiger partial charge >= 0.3 is 0 Å². The van der Waals surface area contributed by atoms with Gasteiger partial charge in [-0.25, -0.2) is 0 Å². The molecule has 2 aliphatic carbocycles. The predicted octanol–water partition coefficient (Wildman–Crippen LogP) is 2.52. The molecule has 2 aliphatic rings. The molecule has 0 aromatic heterocycles. The van der Waals surface area contributed by atoms with Crippen LogP contribution in [0.25, 0.3) is 0 Å². The minimum Gasteiger partial charge on any atom is -0.432 e. The maximum atomic E-state index is 10.1. The van der Waals surface area contributed by atoms with E-state index < -0.39 is 8.32 Å². The van der Waals surface area contributed by atoms with Crippen LogP contribution in [0.4, 0.5) is 0 Å². The fourth-order valence-corrected chi connectivity index (χ4v) is 5.35. The lowest BCUT2D eigenvalue weighted by Crippen LogP contribution is -2.40. The summed E-state index contributed by atoms with van der Waals surface area (Å²) in [6.45, 7) is 4.25. The standard InChI is InChI=1S/C9H18OSi/c1-11(2,10)9-5-3-8(7-9)4-6-9/h8,10H,3-7H2,1-2H3.